The molecule has 0 radical (unpaired) electrons. The summed E-state index contributed by atoms with van der Waals surface area (Å²) < 4.78 is 9.86. The zero-order chi connectivity index (χ0) is 20.4. The lowest BCUT2D eigenvalue weighted by Gasteiger charge is -2.19. The SMILES string of the molecule is CC.CCCCNC(=O)OC(C)(C)C.CNC(=O)OCc1ccccc1. The standard InChI is InChI=1S/C9H11NO2.C9H19NO2.C2H6/c1-10-9(11)12-7-8-5-3-2-4-6-8;1-5-6-7-10-8(11)12-9(2,3)4;1-2/h2-6H,7H2,1H3,(H,10,11);5-7H2,1-4H3,(H,10,11);1-2H3. The van der Waals surface area contributed by atoms with Gasteiger partial charge in [-0.25, -0.2) is 9.59 Å². The highest BCUT2D eigenvalue weighted by Crippen LogP contribution is 2.06. The first-order valence-electron chi connectivity index (χ1n) is 9.13. The molecule has 0 saturated heterocycles. The number of hydrogen-bond donors (Lipinski definition) is 2. The van der Waals surface area contributed by atoms with Gasteiger partial charge in [-0.1, -0.05) is 57.5 Å². The van der Waals surface area contributed by atoms with E-state index < -0.39 is 11.7 Å². The van der Waals surface area contributed by atoms with Crippen LogP contribution in [0.2, 0.25) is 0 Å². The number of unbranched alkanes of at least 4 members (excludes halogenated alkanes) is 1. The molecule has 0 spiro atoms. The molecule has 0 aromatic heterocycles. The first-order chi connectivity index (χ1) is 12.3. The first kappa shape index (κ1) is 26.0. The number of nitrogens with one attached hydrogen (secondary N) is 2. The van der Waals surface area contributed by atoms with E-state index >= 15 is 0 Å². The van der Waals surface area contributed by atoms with E-state index in [2.05, 4.69) is 17.6 Å². The zero-order valence-electron chi connectivity index (χ0n) is 17.3. The summed E-state index contributed by atoms with van der Waals surface area (Å²) in [6.45, 7) is 12.7. The van der Waals surface area contributed by atoms with Gasteiger partial charge in [-0.3, -0.25) is 0 Å². The Morgan fingerprint density at radius 1 is 1.04 bits per heavy atom. The van der Waals surface area contributed by atoms with E-state index in [1.807, 2.05) is 65.0 Å². The summed E-state index contributed by atoms with van der Waals surface area (Å²) in [5.74, 6) is 0. The van der Waals surface area contributed by atoms with Crippen LogP contribution in [-0.4, -0.2) is 31.4 Å². The zero-order valence-corrected chi connectivity index (χ0v) is 17.3. The molecule has 150 valence electrons. The number of rotatable bonds is 5. The fourth-order valence-corrected chi connectivity index (χ4v) is 1.48. The van der Waals surface area contributed by atoms with Gasteiger partial charge in [0.1, 0.15) is 12.2 Å². The van der Waals surface area contributed by atoms with E-state index in [0.29, 0.717) is 13.2 Å². The number of alkyl carbamates (subject to hydrolysis) is 2. The van der Waals surface area contributed by atoms with Crippen LogP contribution >= 0.6 is 0 Å². The predicted octanol–water partition coefficient (Wildman–Crippen LogP) is 4.88. The average molecular weight is 369 g/mol. The van der Waals surface area contributed by atoms with Gasteiger partial charge in [-0.2, -0.15) is 0 Å². The quantitative estimate of drug-likeness (QED) is 0.726. The highest BCUT2D eigenvalue weighted by molar-refractivity contribution is 5.67. The van der Waals surface area contributed by atoms with Gasteiger partial charge >= 0.3 is 12.2 Å². The molecular formula is C20H36N2O4. The van der Waals surface area contributed by atoms with Crippen LogP contribution in [0.1, 0.15) is 59.9 Å². The van der Waals surface area contributed by atoms with Crippen LogP contribution in [0.4, 0.5) is 9.59 Å². The highest BCUT2D eigenvalue weighted by atomic mass is 16.6. The summed E-state index contributed by atoms with van der Waals surface area (Å²) in [4.78, 5) is 21.7. The fourth-order valence-electron chi connectivity index (χ4n) is 1.48. The van der Waals surface area contributed by atoms with Crippen LogP contribution in [-0.2, 0) is 16.1 Å². The Balaban J connectivity index is 0. The second-order valence-corrected chi connectivity index (χ2v) is 6.09. The van der Waals surface area contributed by atoms with E-state index in [-0.39, 0.29) is 6.09 Å². The summed E-state index contributed by atoms with van der Waals surface area (Å²) in [5.41, 5.74) is 0.595. The van der Waals surface area contributed by atoms with Crippen LogP contribution in [0.3, 0.4) is 0 Å². The number of carbonyl (C=O) groups is 2. The molecule has 0 heterocycles. The smallest absolute Gasteiger partial charge is 0.407 e. The highest BCUT2D eigenvalue weighted by Gasteiger charge is 2.15. The van der Waals surface area contributed by atoms with Gasteiger partial charge in [0.15, 0.2) is 0 Å². The minimum Gasteiger partial charge on any atom is -0.445 e. The minimum atomic E-state index is -0.404. The van der Waals surface area contributed by atoms with Crippen molar-refractivity contribution < 1.29 is 19.1 Å². The Labute approximate surface area is 158 Å². The maximum atomic E-state index is 11.0. The lowest BCUT2D eigenvalue weighted by molar-refractivity contribution is 0.0527. The Morgan fingerprint density at radius 3 is 2.08 bits per heavy atom. The molecule has 0 bridgehead atoms. The van der Waals surface area contributed by atoms with Gasteiger partial charge in [0.2, 0.25) is 0 Å². The normalized spacial score (nSPS) is 9.50. The number of carbonyl (C=O) groups excluding carboxylic acids is 2. The minimum absolute atomic E-state index is 0.320. The van der Waals surface area contributed by atoms with Crippen molar-refractivity contribution in [1.82, 2.24) is 10.6 Å². The molecule has 6 heteroatoms. The predicted molar refractivity (Wildman–Crippen MR) is 106 cm³/mol. The second kappa shape index (κ2) is 16.2. The van der Waals surface area contributed by atoms with Crippen LogP contribution in [0.5, 0.6) is 0 Å². The van der Waals surface area contributed by atoms with E-state index in [9.17, 15) is 9.59 Å². The first-order valence-corrected chi connectivity index (χ1v) is 9.13. The molecule has 1 rings (SSSR count). The Bertz CT molecular complexity index is 470. The van der Waals surface area contributed by atoms with Gasteiger partial charge in [-0.05, 0) is 32.8 Å². The molecule has 0 aliphatic rings. The molecule has 2 N–H and O–H groups in total. The van der Waals surface area contributed by atoms with Crippen molar-refractivity contribution in [3.8, 4) is 0 Å². The topological polar surface area (TPSA) is 76.7 Å². The monoisotopic (exact) mass is 368 g/mol. The van der Waals surface area contributed by atoms with Gasteiger partial charge in [0.25, 0.3) is 0 Å². The van der Waals surface area contributed by atoms with Crippen molar-refractivity contribution in [3.63, 3.8) is 0 Å². The third-order valence-electron chi connectivity index (χ3n) is 2.62. The second-order valence-electron chi connectivity index (χ2n) is 6.09. The van der Waals surface area contributed by atoms with Crippen LogP contribution in [0.25, 0.3) is 0 Å². The average Bonchev–Trinajstić information content (AvgIpc) is 2.61. The van der Waals surface area contributed by atoms with Gasteiger partial charge in [-0.15, -0.1) is 0 Å². The summed E-state index contributed by atoms with van der Waals surface area (Å²) >= 11 is 0. The molecule has 26 heavy (non-hydrogen) atoms. The maximum Gasteiger partial charge on any atom is 0.407 e. The van der Waals surface area contributed by atoms with E-state index in [1.165, 1.54) is 7.05 Å². The molecule has 0 aliphatic heterocycles. The molecule has 0 fully saturated rings. The third-order valence-corrected chi connectivity index (χ3v) is 2.62. The van der Waals surface area contributed by atoms with Crippen LogP contribution in [0, 0.1) is 0 Å². The van der Waals surface area contributed by atoms with Crippen molar-refractivity contribution in [1.29, 1.82) is 0 Å². The van der Waals surface area contributed by atoms with Crippen molar-refractivity contribution in [2.75, 3.05) is 13.6 Å². The molecule has 0 saturated carbocycles. The summed E-state index contributed by atoms with van der Waals surface area (Å²) in [6.07, 6.45) is 1.35. The summed E-state index contributed by atoms with van der Waals surface area (Å²) in [7, 11) is 1.54. The molecule has 6 nitrogen and oxygen atoms in total. The molecule has 0 atom stereocenters. The van der Waals surface area contributed by atoms with Crippen molar-refractivity contribution >= 4 is 12.2 Å². The fraction of sp³-hybridized carbons (Fsp3) is 0.600. The van der Waals surface area contributed by atoms with E-state index in [4.69, 9.17) is 9.47 Å². The summed E-state index contributed by atoms with van der Waals surface area (Å²) in [6, 6.07) is 9.54. The molecule has 2 amide bonds. The molecule has 1 aromatic carbocycles. The number of hydrogen-bond acceptors (Lipinski definition) is 4. The molecule has 0 aliphatic carbocycles. The third kappa shape index (κ3) is 18.1. The molecule has 0 unspecified atom stereocenters. The maximum absolute atomic E-state index is 11.0. The van der Waals surface area contributed by atoms with Gasteiger partial charge in [0, 0.05) is 13.6 Å². The number of ether oxygens (including phenoxy) is 2. The number of benzene rings is 1. The van der Waals surface area contributed by atoms with Crippen molar-refractivity contribution in [2.24, 2.45) is 0 Å². The van der Waals surface area contributed by atoms with Gasteiger partial charge in [0.05, 0.1) is 0 Å². The Kier molecular flexibility index (Phi) is 16.2. The van der Waals surface area contributed by atoms with Crippen LogP contribution < -0.4 is 10.6 Å². The van der Waals surface area contributed by atoms with E-state index in [1.54, 1.807) is 0 Å². The Hall–Kier alpha value is -2.24. The summed E-state index contributed by atoms with van der Waals surface area (Å²) in [5, 5.41) is 5.05. The van der Waals surface area contributed by atoms with Crippen molar-refractivity contribution in [3.05, 3.63) is 35.9 Å². The molecular weight excluding hydrogens is 332 g/mol. The van der Waals surface area contributed by atoms with E-state index in [0.717, 1.165) is 18.4 Å². The largest absolute Gasteiger partial charge is 0.445 e. The Morgan fingerprint density at radius 2 is 1.62 bits per heavy atom. The lowest BCUT2D eigenvalue weighted by Crippen LogP contribution is -2.32. The van der Waals surface area contributed by atoms with Crippen molar-refractivity contribution in [2.45, 2.75) is 66.6 Å². The van der Waals surface area contributed by atoms with Gasteiger partial charge < -0.3 is 20.1 Å². The number of amides is 2. The van der Waals surface area contributed by atoms with Crippen LogP contribution in [0.15, 0.2) is 30.3 Å². The molecule has 1 aromatic rings. The lowest BCUT2D eigenvalue weighted by atomic mass is 10.2.